The van der Waals surface area contributed by atoms with Crippen LogP contribution in [-0.4, -0.2) is 0 Å². The van der Waals surface area contributed by atoms with E-state index in [1.165, 1.54) is 5.56 Å². The number of benzene rings is 2. The summed E-state index contributed by atoms with van der Waals surface area (Å²) >= 11 is 3.40. The lowest BCUT2D eigenvalue weighted by Gasteiger charge is -1.92. The van der Waals surface area contributed by atoms with Crippen molar-refractivity contribution < 1.29 is 0 Å². The van der Waals surface area contributed by atoms with Gasteiger partial charge in [-0.25, -0.2) is 0 Å². The van der Waals surface area contributed by atoms with Crippen molar-refractivity contribution in [2.75, 3.05) is 0 Å². The average Bonchev–Trinajstić information content (AvgIpc) is 2.33. The van der Waals surface area contributed by atoms with Crippen molar-refractivity contribution in [3.8, 4) is 11.8 Å². The Balaban J connectivity index is 2.03. The second-order valence-corrected chi connectivity index (χ2v) is 4.39. The summed E-state index contributed by atoms with van der Waals surface area (Å²) in [5.74, 6) is 6.32. The van der Waals surface area contributed by atoms with Crippen molar-refractivity contribution >= 4 is 15.9 Å². The summed E-state index contributed by atoms with van der Waals surface area (Å²) < 4.78 is 1.08. The number of halogens is 1. The molecule has 0 amide bonds. The molecule has 0 aliphatic carbocycles. The van der Waals surface area contributed by atoms with Crippen molar-refractivity contribution in [2.45, 2.75) is 6.42 Å². The van der Waals surface area contributed by atoms with Gasteiger partial charge in [0.05, 0.1) is 0 Å². The van der Waals surface area contributed by atoms with Crippen LogP contribution in [0.5, 0.6) is 0 Å². The fraction of sp³-hybridized carbons (Fsp3) is 0.0667. The van der Waals surface area contributed by atoms with Gasteiger partial charge in [-0.05, 0) is 29.8 Å². The van der Waals surface area contributed by atoms with Gasteiger partial charge < -0.3 is 0 Å². The normalized spacial score (nSPS) is 9.31. The average molecular weight is 271 g/mol. The quantitative estimate of drug-likeness (QED) is 0.686. The molecule has 0 fully saturated rings. The number of hydrogen-bond donors (Lipinski definition) is 0. The van der Waals surface area contributed by atoms with E-state index in [1.54, 1.807) is 0 Å². The highest BCUT2D eigenvalue weighted by molar-refractivity contribution is 9.10. The van der Waals surface area contributed by atoms with Crippen LogP contribution in [0.15, 0.2) is 59.1 Å². The Labute approximate surface area is 104 Å². The van der Waals surface area contributed by atoms with Crippen LogP contribution in [0.2, 0.25) is 0 Å². The van der Waals surface area contributed by atoms with Gasteiger partial charge >= 0.3 is 0 Å². The molecule has 2 aromatic carbocycles. The van der Waals surface area contributed by atoms with E-state index in [0.29, 0.717) is 0 Å². The van der Waals surface area contributed by atoms with Crippen molar-refractivity contribution in [2.24, 2.45) is 0 Å². The van der Waals surface area contributed by atoms with Gasteiger partial charge in [-0.15, -0.1) is 0 Å². The van der Waals surface area contributed by atoms with Crippen LogP contribution in [0.25, 0.3) is 0 Å². The molecule has 0 aromatic heterocycles. The summed E-state index contributed by atoms with van der Waals surface area (Å²) in [5, 5.41) is 0. The van der Waals surface area contributed by atoms with Gasteiger partial charge in [0.25, 0.3) is 0 Å². The Bertz CT molecular complexity index is 501. The van der Waals surface area contributed by atoms with Crippen LogP contribution in [0.3, 0.4) is 0 Å². The smallest absolute Gasteiger partial charge is 0.0344 e. The van der Waals surface area contributed by atoms with E-state index in [-0.39, 0.29) is 0 Å². The maximum Gasteiger partial charge on any atom is 0.0344 e. The van der Waals surface area contributed by atoms with Crippen LogP contribution >= 0.6 is 15.9 Å². The lowest BCUT2D eigenvalue weighted by molar-refractivity contribution is 1.32. The largest absolute Gasteiger partial charge is 0.0931 e. The van der Waals surface area contributed by atoms with Crippen molar-refractivity contribution in [1.29, 1.82) is 0 Å². The molecule has 1 heteroatoms. The van der Waals surface area contributed by atoms with E-state index in [1.807, 2.05) is 42.5 Å². The molecule has 2 rings (SSSR count). The third kappa shape index (κ3) is 3.25. The highest BCUT2D eigenvalue weighted by Crippen LogP contribution is 2.09. The topological polar surface area (TPSA) is 0 Å². The van der Waals surface area contributed by atoms with E-state index in [0.717, 1.165) is 16.5 Å². The molecule has 0 unspecified atom stereocenters. The lowest BCUT2D eigenvalue weighted by Crippen LogP contribution is -1.79. The zero-order valence-electron chi connectivity index (χ0n) is 8.78. The zero-order chi connectivity index (χ0) is 11.2. The second-order valence-electron chi connectivity index (χ2n) is 3.47. The van der Waals surface area contributed by atoms with Crippen LogP contribution in [0, 0.1) is 11.8 Å². The fourth-order valence-electron chi connectivity index (χ4n) is 1.38. The molecule has 2 aromatic rings. The van der Waals surface area contributed by atoms with Gasteiger partial charge in [0.2, 0.25) is 0 Å². The first-order valence-corrected chi connectivity index (χ1v) is 5.92. The minimum Gasteiger partial charge on any atom is -0.0931 e. The summed E-state index contributed by atoms with van der Waals surface area (Å²) in [5.41, 5.74) is 2.31. The third-order valence-corrected chi connectivity index (χ3v) is 2.74. The SMILES string of the molecule is Brc1ccc(C#CCc2ccccc2)cc1. The number of hydrogen-bond acceptors (Lipinski definition) is 0. The maximum absolute atomic E-state index is 3.40. The second kappa shape index (κ2) is 5.53. The van der Waals surface area contributed by atoms with E-state index in [9.17, 15) is 0 Å². The Morgan fingerprint density at radius 2 is 1.56 bits per heavy atom. The molecular formula is C15H11Br. The molecule has 0 bridgehead atoms. The minimum atomic E-state index is 0.802. The predicted octanol–water partition coefficient (Wildman–Crippen LogP) is 4.04. The summed E-state index contributed by atoms with van der Waals surface area (Å²) in [4.78, 5) is 0. The van der Waals surface area contributed by atoms with Gasteiger partial charge in [0, 0.05) is 16.5 Å². The van der Waals surface area contributed by atoms with Crippen LogP contribution in [0.4, 0.5) is 0 Å². The third-order valence-electron chi connectivity index (χ3n) is 2.21. The zero-order valence-corrected chi connectivity index (χ0v) is 10.4. The lowest BCUT2D eigenvalue weighted by atomic mass is 10.1. The Morgan fingerprint density at radius 3 is 2.25 bits per heavy atom. The molecule has 0 saturated heterocycles. The highest BCUT2D eigenvalue weighted by Gasteiger charge is 1.88. The molecular weight excluding hydrogens is 260 g/mol. The van der Waals surface area contributed by atoms with Crippen LogP contribution < -0.4 is 0 Å². The Kier molecular flexibility index (Phi) is 3.80. The highest BCUT2D eigenvalue weighted by atomic mass is 79.9. The molecule has 0 aliphatic rings. The molecule has 78 valence electrons. The molecule has 0 heterocycles. The van der Waals surface area contributed by atoms with Gasteiger partial charge in [-0.1, -0.05) is 58.1 Å². The molecule has 0 N–H and O–H groups in total. The first-order valence-electron chi connectivity index (χ1n) is 5.13. The van der Waals surface area contributed by atoms with Gasteiger partial charge in [0.1, 0.15) is 0 Å². The van der Waals surface area contributed by atoms with Crippen molar-refractivity contribution in [3.63, 3.8) is 0 Å². The molecule has 16 heavy (non-hydrogen) atoms. The maximum atomic E-state index is 3.40. The molecule has 0 radical (unpaired) electrons. The van der Waals surface area contributed by atoms with E-state index in [4.69, 9.17) is 0 Å². The minimum absolute atomic E-state index is 0.802. The van der Waals surface area contributed by atoms with Gasteiger partial charge in [-0.2, -0.15) is 0 Å². The summed E-state index contributed by atoms with van der Waals surface area (Å²) in [6.45, 7) is 0. The van der Waals surface area contributed by atoms with Crippen LogP contribution in [-0.2, 0) is 6.42 Å². The molecule has 0 nitrogen and oxygen atoms in total. The van der Waals surface area contributed by atoms with E-state index in [2.05, 4.69) is 39.9 Å². The van der Waals surface area contributed by atoms with E-state index < -0.39 is 0 Å². The summed E-state index contributed by atoms with van der Waals surface area (Å²) in [6.07, 6.45) is 0.802. The monoisotopic (exact) mass is 270 g/mol. The standard InChI is InChI=1S/C15H11Br/c16-15-11-9-14(10-12-15)8-4-7-13-5-2-1-3-6-13/h1-3,5-6,9-12H,7H2. The number of rotatable bonds is 1. The molecule has 0 aliphatic heterocycles. The van der Waals surface area contributed by atoms with Crippen molar-refractivity contribution in [3.05, 3.63) is 70.2 Å². The fourth-order valence-corrected chi connectivity index (χ4v) is 1.64. The Hall–Kier alpha value is -1.52. The van der Waals surface area contributed by atoms with Gasteiger partial charge in [-0.3, -0.25) is 0 Å². The van der Waals surface area contributed by atoms with Crippen LogP contribution in [0.1, 0.15) is 11.1 Å². The first kappa shape index (κ1) is 11.0. The van der Waals surface area contributed by atoms with E-state index >= 15 is 0 Å². The van der Waals surface area contributed by atoms with Crippen molar-refractivity contribution in [1.82, 2.24) is 0 Å². The predicted molar refractivity (Wildman–Crippen MR) is 71.2 cm³/mol. The first-order chi connectivity index (χ1) is 7.84. The molecule has 0 spiro atoms. The van der Waals surface area contributed by atoms with Gasteiger partial charge in [0.15, 0.2) is 0 Å². The summed E-state index contributed by atoms with van der Waals surface area (Å²) in [6, 6.07) is 18.3. The Morgan fingerprint density at radius 1 is 0.875 bits per heavy atom. The summed E-state index contributed by atoms with van der Waals surface area (Å²) in [7, 11) is 0. The molecule has 0 atom stereocenters. The molecule has 0 saturated carbocycles.